The summed E-state index contributed by atoms with van der Waals surface area (Å²) in [6.45, 7) is 9.15. The van der Waals surface area contributed by atoms with Crippen LogP contribution in [0.1, 0.15) is 25.0 Å². The van der Waals surface area contributed by atoms with Gasteiger partial charge in [-0.2, -0.15) is 0 Å². The summed E-state index contributed by atoms with van der Waals surface area (Å²) in [5.74, 6) is 0. The molecule has 0 saturated heterocycles. The molecule has 0 fully saturated rings. The SMILES string of the molecule is CCNCc1ccc(Cl)cc1N(CC)c1ccccc1C. The maximum absolute atomic E-state index is 6.23. The van der Waals surface area contributed by atoms with Crippen LogP contribution in [-0.4, -0.2) is 13.1 Å². The molecule has 21 heavy (non-hydrogen) atoms. The van der Waals surface area contributed by atoms with Gasteiger partial charge in [0.1, 0.15) is 0 Å². The molecule has 0 radical (unpaired) electrons. The Hall–Kier alpha value is -1.51. The summed E-state index contributed by atoms with van der Waals surface area (Å²) < 4.78 is 0. The first-order valence-corrected chi connectivity index (χ1v) is 7.87. The number of hydrogen-bond donors (Lipinski definition) is 1. The number of nitrogens with one attached hydrogen (secondary N) is 1. The zero-order valence-corrected chi connectivity index (χ0v) is 13.7. The van der Waals surface area contributed by atoms with Crippen molar-refractivity contribution >= 4 is 23.0 Å². The normalized spacial score (nSPS) is 10.7. The van der Waals surface area contributed by atoms with E-state index in [2.05, 4.69) is 67.4 Å². The van der Waals surface area contributed by atoms with E-state index in [-0.39, 0.29) is 0 Å². The van der Waals surface area contributed by atoms with Crippen LogP contribution in [0.15, 0.2) is 42.5 Å². The highest BCUT2D eigenvalue weighted by Gasteiger charge is 2.14. The number of anilines is 2. The first kappa shape index (κ1) is 15.9. The van der Waals surface area contributed by atoms with Gasteiger partial charge in [0.15, 0.2) is 0 Å². The molecule has 2 nitrogen and oxygen atoms in total. The number of para-hydroxylation sites is 1. The highest BCUT2D eigenvalue weighted by atomic mass is 35.5. The minimum Gasteiger partial charge on any atom is -0.341 e. The average Bonchev–Trinajstić information content (AvgIpc) is 2.49. The smallest absolute Gasteiger partial charge is 0.0471 e. The number of aryl methyl sites for hydroxylation is 1. The Kier molecular flexibility index (Phi) is 5.66. The Morgan fingerprint density at radius 2 is 1.81 bits per heavy atom. The van der Waals surface area contributed by atoms with Crippen LogP contribution in [0.4, 0.5) is 11.4 Å². The minimum absolute atomic E-state index is 0.775. The van der Waals surface area contributed by atoms with Crippen molar-refractivity contribution < 1.29 is 0 Å². The topological polar surface area (TPSA) is 15.3 Å². The van der Waals surface area contributed by atoms with Crippen LogP contribution >= 0.6 is 11.6 Å². The number of halogens is 1. The van der Waals surface area contributed by atoms with Gasteiger partial charge in [-0.25, -0.2) is 0 Å². The minimum atomic E-state index is 0.775. The molecule has 1 N–H and O–H groups in total. The third-order valence-corrected chi connectivity index (χ3v) is 3.86. The molecule has 112 valence electrons. The second-order valence-electron chi connectivity index (χ2n) is 5.08. The second-order valence-corrected chi connectivity index (χ2v) is 5.52. The van der Waals surface area contributed by atoms with Crippen LogP contribution < -0.4 is 10.2 Å². The molecule has 2 aromatic rings. The quantitative estimate of drug-likeness (QED) is 0.815. The average molecular weight is 303 g/mol. The van der Waals surface area contributed by atoms with Crippen molar-refractivity contribution in [3.8, 4) is 0 Å². The fourth-order valence-electron chi connectivity index (χ4n) is 2.53. The molecule has 0 aliphatic carbocycles. The lowest BCUT2D eigenvalue weighted by Crippen LogP contribution is -2.21. The highest BCUT2D eigenvalue weighted by molar-refractivity contribution is 6.30. The van der Waals surface area contributed by atoms with Crippen molar-refractivity contribution in [1.82, 2.24) is 5.32 Å². The lowest BCUT2D eigenvalue weighted by atomic mass is 10.1. The van der Waals surface area contributed by atoms with E-state index >= 15 is 0 Å². The summed E-state index contributed by atoms with van der Waals surface area (Å²) >= 11 is 6.23. The van der Waals surface area contributed by atoms with Gasteiger partial charge >= 0.3 is 0 Å². The van der Waals surface area contributed by atoms with Crippen LogP contribution in [0.3, 0.4) is 0 Å². The number of rotatable bonds is 6. The standard InChI is InChI=1S/C18H23ClN2/c1-4-20-13-15-10-11-16(19)12-18(15)21(5-2)17-9-7-6-8-14(17)3/h6-12,20H,4-5,13H2,1-3H3. The third kappa shape index (κ3) is 3.78. The van der Waals surface area contributed by atoms with Gasteiger partial charge in [-0.3, -0.25) is 0 Å². The van der Waals surface area contributed by atoms with Crippen LogP contribution in [0, 0.1) is 6.92 Å². The molecule has 0 bridgehead atoms. The molecule has 2 rings (SSSR count). The van der Waals surface area contributed by atoms with E-state index < -0.39 is 0 Å². The summed E-state index contributed by atoms with van der Waals surface area (Å²) in [6, 6.07) is 14.6. The molecule has 0 unspecified atom stereocenters. The van der Waals surface area contributed by atoms with E-state index in [0.29, 0.717) is 0 Å². The van der Waals surface area contributed by atoms with E-state index in [4.69, 9.17) is 11.6 Å². The highest BCUT2D eigenvalue weighted by Crippen LogP contribution is 2.32. The predicted octanol–water partition coefficient (Wildman–Crippen LogP) is 4.92. The van der Waals surface area contributed by atoms with Gasteiger partial charge in [0.05, 0.1) is 0 Å². The van der Waals surface area contributed by atoms with Crippen molar-refractivity contribution in [2.24, 2.45) is 0 Å². The molecule has 2 aromatic carbocycles. The molecule has 3 heteroatoms. The Morgan fingerprint density at radius 1 is 1.05 bits per heavy atom. The number of nitrogens with zero attached hydrogens (tertiary/aromatic N) is 1. The summed E-state index contributed by atoms with van der Waals surface area (Å²) in [5, 5.41) is 4.17. The molecule has 0 atom stereocenters. The van der Waals surface area contributed by atoms with E-state index in [0.717, 1.165) is 24.7 Å². The predicted molar refractivity (Wildman–Crippen MR) is 92.7 cm³/mol. The Morgan fingerprint density at radius 3 is 2.48 bits per heavy atom. The lowest BCUT2D eigenvalue weighted by Gasteiger charge is -2.28. The zero-order chi connectivity index (χ0) is 15.2. The number of hydrogen-bond acceptors (Lipinski definition) is 2. The van der Waals surface area contributed by atoms with E-state index in [1.54, 1.807) is 0 Å². The monoisotopic (exact) mass is 302 g/mol. The maximum Gasteiger partial charge on any atom is 0.0471 e. The molecular weight excluding hydrogens is 280 g/mol. The van der Waals surface area contributed by atoms with Crippen molar-refractivity contribution in [1.29, 1.82) is 0 Å². The van der Waals surface area contributed by atoms with Gasteiger partial charge in [-0.05, 0) is 49.7 Å². The summed E-state index contributed by atoms with van der Waals surface area (Å²) in [7, 11) is 0. The van der Waals surface area contributed by atoms with Gasteiger partial charge < -0.3 is 10.2 Å². The van der Waals surface area contributed by atoms with Crippen molar-refractivity contribution in [3.05, 3.63) is 58.6 Å². The Bertz CT molecular complexity index is 596. The molecule has 0 heterocycles. The molecule has 0 spiro atoms. The fourth-order valence-corrected chi connectivity index (χ4v) is 2.70. The molecule has 0 aliphatic rings. The van der Waals surface area contributed by atoms with Gasteiger partial charge in [0.25, 0.3) is 0 Å². The van der Waals surface area contributed by atoms with Crippen LogP contribution in [-0.2, 0) is 6.54 Å². The largest absolute Gasteiger partial charge is 0.341 e. The Balaban J connectivity index is 2.46. The van der Waals surface area contributed by atoms with Crippen LogP contribution in [0.2, 0.25) is 5.02 Å². The molecule has 0 amide bonds. The third-order valence-electron chi connectivity index (χ3n) is 3.63. The van der Waals surface area contributed by atoms with Crippen molar-refractivity contribution in [2.45, 2.75) is 27.3 Å². The fraction of sp³-hybridized carbons (Fsp3) is 0.333. The van der Waals surface area contributed by atoms with E-state index in [1.165, 1.54) is 22.5 Å². The lowest BCUT2D eigenvalue weighted by molar-refractivity contribution is 0.725. The maximum atomic E-state index is 6.23. The van der Waals surface area contributed by atoms with Gasteiger partial charge in [0.2, 0.25) is 0 Å². The van der Waals surface area contributed by atoms with Crippen LogP contribution in [0.25, 0.3) is 0 Å². The van der Waals surface area contributed by atoms with Crippen LogP contribution in [0.5, 0.6) is 0 Å². The summed E-state index contributed by atoms with van der Waals surface area (Å²) in [4.78, 5) is 2.33. The van der Waals surface area contributed by atoms with Crippen molar-refractivity contribution in [2.75, 3.05) is 18.0 Å². The second kappa shape index (κ2) is 7.48. The van der Waals surface area contributed by atoms with E-state index in [9.17, 15) is 0 Å². The van der Waals surface area contributed by atoms with Gasteiger partial charge in [0, 0.05) is 29.5 Å². The molecule has 0 aliphatic heterocycles. The molecule has 0 aromatic heterocycles. The Labute approximate surface area is 132 Å². The van der Waals surface area contributed by atoms with Gasteiger partial charge in [-0.1, -0.05) is 42.8 Å². The number of benzene rings is 2. The van der Waals surface area contributed by atoms with Crippen molar-refractivity contribution in [3.63, 3.8) is 0 Å². The molecule has 0 saturated carbocycles. The first-order chi connectivity index (χ1) is 10.2. The van der Waals surface area contributed by atoms with E-state index in [1.807, 2.05) is 6.07 Å². The summed E-state index contributed by atoms with van der Waals surface area (Å²) in [5.41, 5.74) is 4.96. The zero-order valence-electron chi connectivity index (χ0n) is 13.0. The molecular formula is C18H23ClN2. The first-order valence-electron chi connectivity index (χ1n) is 7.49. The summed E-state index contributed by atoms with van der Waals surface area (Å²) in [6.07, 6.45) is 0. The van der Waals surface area contributed by atoms with Gasteiger partial charge in [-0.15, -0.1) is 0 Å².